The van der Waals surface area contributed by atoms with Gasteiger partial charge in [0.15, 0.2) is 0 Å². The standard InChI is InChI=1S/C16H22N2O2/c1-2-3-4-5-11-20-15-8-6-7-14(12-15)13-18-16(19)9-10-17/h6-8,12H,2-5,9,11,13H2,1H3,(H,18,19). The molecule has 1 rings (SSSR count). The minimum Gasteiger partial charge on any atom is -0.494 e. The van der Waals surface area contributed by atoms with Crippen molar-refractivity contribution in [1.29, 1.82) is 5.26 Å². The quantitative estimate of drug-likeness (QED) is 0.703. The summed E-state index contributed by atoms with van der Waals surface area (Å²) in [5, 5.41) is 11.1. The number of nitrogens with zero attached hydrogens (tertiary/aromatic N) is 1. The molecule has 0 unspecified atom stereocenters. The van der Waals surface area contributed by atoms with Gasteiger partial charge in [-0.15, -0.1) is 0 Å². The first-order valence-electron chi connectivity index (χ1n) is 7.11. The van der Waals surface area contributed by atoms with Gasteiger partial charge >= 0.3 is 0 Å². The van der Waals surface area contributed by atoms with Crippen LogP contribution in [-0.4, -0.2) is 12.5 Å². The van der Waals surface area contributed by atoms with Gasteiger partial charge in [0.2, 0.25) is 5.91 Å². The molecule has 1 aromatic rings. The lowest BCUT2D eigenvalue weighted by Gasteiger charge is -2.08. The van der Waals surface area contributed by atoms with E-state index in [1.807, 2.05) is 30.3 Å². The molecule has 108 valence electrons. The largest absolute Gasteiger partial charge is 0.494 e. The van der Waals surface area contributed by atoms with Gasteiger partial charge in [0.25, 0.3) is 0 Å². The summed E-state index contributed by atoms with van der Waals surface area (Å²) in [7, 11) is 0. The van der Waals surface area contributed by atoms with Crippen LogP contribution in [0.15, 0.2) is 24.3 Å². The van der Waals surface area contributed by atoms with E-state index >= 15 is 0 Å². The van der Waals surface area contributed by atoms with Gasteiger partial charge in [-0.1, -0.05) is 38.3 Å². The highest BCUT2D eigenvalue weighted by molar-refractivity contribution is 5.77. The molecule has 0 bridgehead atoms. The van der Waals surface area contributed by atoms with E-state index in [1.165, 1.54) is 19.3 Å². The third-order valence-electron chi connectivity index (χ3n) is 2.89. The normalized spacial score (nSPS) is 9.80. The predicted molar refractivity (Wildman–Crippen MR) is 78.2 cm³/mol. The second kappa shape index (κ2) is 9.85. The Morgan fingerprint density at radius 1 is 1.35 bits per heavy atom. The first-order chi connectivity index (χ1) is 9.76. The Morgan fingerprint density at radius 2 is 2.20 bits per heavy atom. The number of rotatable bonds is 9. The van der Waals surface area contributed by atoms with Crippen molar-refractivity contribution >= 4 is 5.91 Å². The Bertz CT molecular complexity index is 452. The molecule has 0 aromatic heterocycles. The SMILES string of the molecule is CCCCCCOc1cccc(CNC(=O)CC#N)c1. The molecule has 1 aromatic carbocycles. The Morgan fingerprint density at radius 3 is 2.95 bits per heavy atom. The van der Waals surface area contributed by atoms with Crippen LogP contribution in [0.5, 0.6) is 5.75 Å². The smallest absolute Gasteiger partial charge is 0.234 e. The van der Waals surface area contributed by atoms with Gasteiger partial charge in [-0.05, 0) is 24.1 Å². The third-order valence-corrected chi connectivity index (χ3v) is 2.89. The zero-order chi connectivity index (χ0) is 14.6. The number of nitrogens with one attached hydrogen (secondary N) is 1. The van der Waals surface area contributed by atoms with Crippen LogP contribution in [0.2, 0.25) is 0 Å². The molecule has 1 N–H and O–H groups in total. The maximum Gasteiger partial charge on any atom is 0.234 e. The number of unbranched alkanes of at least 4 members (excludes halogenated alkanes) is 3. The second-order valence-electron chi connectivity index (χ2n) is 4.67. The first-order valence-corrected chi connectivity index (χ1v) is 7.11. The first kappa shape index (κ1) is 16.0. The minimum atomic E-state index is -0.251. The number of carbonyl (C=O) groups excluding carboxylic acids is 1. The highest BCUT2D eigenvalue weighted by Gasteiger charge is 2.01. The maximum absolute atomic E-state index is 11.2. The van der Waals surface area contributed by atoms with Gasteiger partial charge in [0.1, 0.15) is 12.2 Å². The van der Waals surface area contributed by atoms with Crippen LogP contribution in [0.3, 0.4) is 0 Å². The highest BCUT2D eigenvalue weighted by Crippen LogP contribution is 2.14. The topological polar surface area (TPSA) is 62.1 Å². The van der Waals surface area contributed by atoms with Gasteiger partial charge in [-0.25, -0.2) is 0 Å². The summed E-state index contributed by atoms with van der Waals surface area (Å²) in [4.78, 5) is 11.2. The van der Waals surface area contributed by atoms with E-state index in [2.05, 4.69) is 12.2 Å². The number of amides is 1. The van der Waals surface area contributed by atoms with Crippen molar-refractivity contribution in [2.24, 2.45) is 0 Å². The molecule has 0 heterocycles. The van der Waals surface area contributed by atoms with Gasteiger partial charge in [-0.3, -0.25) is 4.79 Å². The molecule has 4 nitrogen and oxygen atoms in total. The molecule has 0 aliphatic carbocycles. The summed E-state index contributed by atoms with van der Waals surface area (Å²) in [6.45, 7) is 3.34. The van der Waals surface area contributed by atoms with E-state index in [9.17, 15) is 4.79 Å². The van der Waals surface area contributed by atoms with Crippen molar-refractivity contribution in [3.8, 4) is 11.8 Å². The van der Waals surface area contributed by atoms with Gasteiger partial charge in [-0.2, -0.15) is 5.26 Å². The highest BCUT2D eigenvalue weighted by atomic mass is 16.5. The van der Waals surface area contributed by atoms with Crippen LogP contribution in [0.1, 0.15) is 44.6 Å². The Labute approximate surface area is 120 Å². The lowest BCUT2D eigenvalue weighted by atomic mass is 10.2. The second-order valence-corrected chi connectivity index (χ2v) is 4.67. The van der Waals surface area contributed by atoms with Crippen LogP contribution in [0, 0.1) is 11.3 Å². The molecule has 0 atom stereocenters. The maximum atomic E-state index is 11.2. The van der Waals surface area contributed by atoms with E-state index in [-0.39, 0.29) is 12.3 Å². The Balaban J connectivity index is 2.34. The Hall–Kier alpha value is -2.02. The van der Waals surface area contributed by atoms with E-state index in [0.29, 0.717) is 6.54 Å². The summed E-state index contributed by atoms with van der Waals surface area (Å²) in [5.74, 6) is 0.576. The van der Waals surface area contributed by atoms with Crippen LogP contribution in [0.4, 0.5) is 0 Å². The van der Waals surface area contributed by atoms with Crippen molar-refractivity contribution in [3.05, 3.63) is 29.8 Å². The summed E-state index contributed by atoms with van der Waals surface area (Å²) in [6.07, 6.45) is 4.62. The number of benzene rings is 1. The summed E-state index contributed by atoms with van der Waals surface area (Å²) in [5.41, 5.74) is 0.974. The fraction of sp³-hybridized carbons (Fsp3) is 0.500. The molecule has 4 heteroatoms. The fourth-order valence-electron chi connectivity index (χ4n) is 1.80. The molecule has 20 heavy (non-hydrogen) atoms. The van der Waals surface area contributed by atoms with E-state index < -0.39 is 0 Å². The zero-order valence-electron chi connectivity index (χ0n) is 12.0. The number of hydrogen-bond acceptors (Lipinski definition) is 3. The van der Waals surface area contributed by atoms with Crippen molar-refractivity contribution in [3.63, 3.8) is 0 Å². The van der Waals surface area contributed by atoms with Crippen molar-refractivity contribution in [1.82, 2.24) is 5.32 Å². The lowest BCUT2D eigenvalue weighted by molar-refractivity contribution is -0.120. The average molecular weight is 274 g/mol. The third kappa shape index (κ3) is 6.79. The van der Waals surface area contributed by atoms with Crippen molar-refractivity contribution < 1.29 is 9.53 Å². The molecule has 1 amide bonds. The molecule has 0 spiro atoms. The molecule has 0 aliphatic rings. The van der Waals surface area contributed by atoms with Gasteiger partial charge in [0, 0.05) is 6.54 Å². The molecule has 0 fully saturated rings. The number of ether oxygens (including phenoxy) is 1. The van der Waals surface area contributed by atoms with E-state index in [4.69, 9.17) is 10.00 Å². The molecular formula is C16H22N2O2. The molecule has 0 saturated carbocycles. The van der Waals surface area contributed by atoms with Crippen LogP contribution < -0.4 is 10.1 Å². The van der Waals surface area contributed by atoms with Crippen LogP contribution in [-0.2, 0) is 11.3 Å². The van der Waals surface area contributed by atoms with Crippen LogP contribution in [0.25, 0.3) is 0 Å². The Kier molecular flexibility index (Phi) is 7.90. The molecular weight excluding hydrogens is 252 g/mol. The summed E-state index contributed by atoms with van der Waals surface area (Å²) in [6, 6.07) is 9.50. The van der Waals surface area contributed by atoms with Crippen molar-refractivity contribution in [2.75, 3.05) is 6.61 Å². The number of carbonyl (C=O) groups is 1. The van der Waals surface area contributed by atoms with E-state index in [1.54, 1.807) is 0 Å². The zero-order valence-corrected chi connectivity index (χ0v) is 12.0. The van der Waals surface area contributed by atoms with E-state index in [0.717, 1.165) is 24.3 Å². The van der Waals surface area contributed by atoms with Crippen molar-refractivity contribution in [2.45, 2.75) is 45.6 Å². The molecule has 0 aliphatic heterocycles. The molecule has 0 radical (unpaired) electrons. The minimum absolute atomic E-state index is 0.104. The van der Waals surface area contributed by atoms with Gasteiger partial charge in [0.05, 0.1) is 12.7 Å². The van der Waals surface area contributed by atoms with Gasteiger partial charge < -0.3 is 10.1 Å². The number of hydrogen-bond donors (Lipinski definition) is 1. The van der Waals surface area contributed by atoms with Crippen LogP contribution >= 0.6 is 0 Å². The summed E-state index contributed by atoms with van der Waals surface area (Å²) >= 11 is 0. The lowest BCUT2D eigenvalue weighted by Crippen LogP contribution is -2.21. The summed E-state index contributed by atoms with van der Waals surface area (Å²) < 4.78 is 5.68. The fourth-order valence-corrected chi connectivity index (χ4v) is 1.80. The molecule has 0 saturated heterocycles. The number of nitriles is 1. The monoisotopic (exact) mass is 274 g/mol. The average Bonchev–Trinajstić information content (AvgIpc) is 2.46. The predicted octanol–water partition coefficient (Wildman–Crippen LogP) is 3.18.